The first-order valence-electron chi connectivity index (χ1n) is 10.6. The van der Waals surface area contributed by atoms with Crippen molar-refractivity contribution in [1.82, 2.24) is 44.9 Å². The van der Waals surface area contributed by atoms with Crippen LogP contribution in [0.1, 0.15) is 25.6 Å². The molecule has 0 radical (unpaired) electrons. The van der Waals surface area contributed by atoms with Crippen LogP contribution in [0.3, 0.4) is 0 Å². The number of fused-ring (bicyclic) bond motifs is 6. The molecule has 174 valence electrons. The van der Waals surface area contributed by atoms with Crippen LogP contribution in [0.25, 0.3) is 21.4 Å². The van der Waals surface area contributed by atoms with Crippen LogP contribution >= 0.6 is 22.7 Å². The van der Waals surface area contributed by atoms with Crippen LogP contribution in [0, 0.1) is 0 Å². The molecule has 1 aliphatic rings. The Morgan fingerprint density at radius 2 is 1.03 bits per heavy atom. The van der Waals surface area contributed by atoms with Gasteiger partial charge in [-0.3, -0.25) is 0 Å². The minimum absolute atomic E-state index is 0.266. The van der Waals surface area contributed by atoms with Crippen LogP contribution in [0.15, 0.2) is 35.0 Å². The molecule has 0 saturated carbocycles. The van der Waals surface area contributed by atoms with Crippen LogP contribution in [-0.2, 0) is 6.42 Å². The number of rotatable bonds is 5. The SMILES string of the molecule is CCCCc1nc2nc(n1)[Se]c1nc(nc(-c3cccs3)n1)[Se]c1nc(nc(-c3cccs3)n1)[Se]2. The third kappa shape index (κ3) is 5.55. The topological polar surface area (TPSA) is 116 Å². The Labute approximate surface area is 227 Å². The molecule has 0 fully saturated rings. The predicted octanol–water partition coefficient (Wildman–Crippen LogP) is -1.68. The fraction of sp³-hybridized carbons (Fsp3) is 0.190. The van der Waals surface area contributed by atoms with E-state index >= 15 is 0 Å². The molecule has 5 aromatic heterocycles. The molecular weight excluding hydrogens is 679 g/mol. The van der Waals surface area contributed by atoms with Crippen molar-refractivity contribution >= 4 is 95.9 Å². The van der Waals surface area contributed by atoms with Crippen molar-refractivity contribution in [2.45, 2.75) is 26.2 Å². The van der Waals surface area contributed by atoms with E-state index in [1.807, 2.05) is 35.0 Å². The zero-order chi connectivity index (χ0) is 23.6. The second kappa shape index (κ2) is 10.5. The molecule has 6 bridgehead atoms. The molecule has 1 aliphatic heterocycles. The second-order valence-corrected chi connectivity index (χ2v) is 14.9. The summed E-state index contributed by atoms with van der Waals surface area (Å²) in [5, 5.41) is 4.05. The van der Waals surface area contributed by atoms with E-state index in [0.29, 0.717) is 30.5 Å². The van der Waals surface area contributed by atoms with Crippen molar-refractivity contribution in [3.05, 3.63) is 40.8 Å². The number of hydrogen-bond acceptors (Lipinski definition) is 11. The van der Waals surface area contributed by atoms with E-state index < -0.39 is 0 Å². The van der Waals surface area contributed by atoms with Crippen LogP contribution in [-0.4, -0.2) is 89.7 Å². The molecular formula is C21H15N9S2Se3. The predicted molar refractivity (Wildman–Crippen MR) is 140 cm³/mol. The molecule has 0 N–H and O–H groups in total. The van der Waals surface area contributed by atoms with Crippen LogP contribution in [0.2, 0.25) is 0 Å². The first kappa shape index (κ1) is 23.4. The Balaban J connectivity index is 1.52. The molecule has 0 aliphatic carbocycles. The quantitative estimate of drug-likeness (QED) is 0.195. The van der Waals surface area contributed by atoms with Crippen molar-refractivity contribution in [2.75, 3.05) is 0 Å². The fourth-order valence-corrected chi connectivity index (χ4v) is 9.68. The summed E-state index contributed by atoms with van der Waals surface area (Å²) in [6.07, 6.45) is 2.93. The molecule has 6 rings (SSSR count). The normalized spacial score (nSPS) is 12.7. The zero-order valence-electron chi connectivity index (χ0n) is 18.2. The molecule has 35 heavy (non-hydrogen) atoms. The first-order chi connectivity index (χ1) is 17.2. The van der Waals surface area contributed by atoms with Crippen molar-refractivity contribution in [3.63, 3.8) is 0 Å². The summed E-state index contributed by atoms with van der Waals surface area (Å²) >= 11 is 2.39. The van der Waals surface area contributed by atoms with E-state index in [-0.39, 0.29) is 44.9 Å². The van der Waals surface area contributed by atoms with E-state index in [2.05, 4.69) is 6.92 Å². The maximum absolute atomic E-state index is 4.81. The standard InChI is InChI=1S/C21H15N9S2Se3/c1-2-3-8-13-22-16-28-17(23-13)34-19-25-15(12-7-5-10-32-12)27-21(30-19)35-20-26-14(11-6-4-9-31-11)24-18(29-20)33-16/h4-7,9-10H,2-3,8H2,1H3. The van der Waals surface area contributed by atoms with E-state index in [0.717, 1.165) is 44.3 Å². The van der Waals surface area contributed by atoms with Gasteiger partial charge in [-0.15, -0.1) is 0 Å². The van der Waals surface area contributed by atoms with E-state index in [1.165, 1.54) is 0 Å². The third-order valence-corrected chi connectivity index (χ3v) is 10.9. The number of thiophene rings is 2. The van der Waals surface area contributed by atoms with Crippen molar-refractivity contribution < 1.29 is 0 Å². The number of aryl methyl sites for hydroxylation is 1. The Morgan fingerprint density at radius 1 is 0.600 bits per heavy atom. The molecule has 9 nitrogen and oxygen atoms in total. The Hall–Kier alpha value is -2.01. The molecule has 0 spiro atoms. The van der Waals surface area contributed by atoms with Gasteiger partial charge in [0.15, 0.2) is 0 Å². The van der Waals surface area contributed by atoms with Gasteiger partial charge < -0.3 is 0 Å². The zero-order valence-corrected chi connectivity index (χ0v) is 24.9. The van der Waals surface area contributed by atoms with Gasteiger partial charge in [-0.05, 0) is 0 Å². The van der Waals surface area contributed by atoms with Gasteiger partial charge in [0.25, 0.3) is 0 Å². The van der Waals surface area contributed by atoms with Crippen LogP contribution < -0.4 is 28.3 Å². The van der Waals surface area contributed by atoms with Crippen molar-refractivity contribution in [2.24, 2.45) is 0 Å². The second-order valence-electron chi connectivity index (χ2n) is 7.13. The molecule has 5 aromatic rings. The summed E-state index contributed by atoms with van der Waals surface area (Å²) in [6.45, 7) is 2.17. The number of hydrogen-bond donors (Lipinski definition) is 0. The number of unbranched alkanes of at least 4 members (excludes halogenated alkanes) is 1. The average molecular weight is 694 g/mol. The molecule has 6 heterocycles. The fourth-order valence-electron chi connectivity index (χ4n) is 3.05. The average Bonchev–Trinajstić information content (AvgIpc) is 3.57. The third-order valence-electron chi connectivity index (χ3n) is 4.61. The summed E-state index contributed by atoms with van der Waals surface area (Å²) in [6, 6.07) is 8.06. The number of aromatic nitrogens is 9. The van der Waals surface area contributed by atoms with Crippen molar-refractivity contribution in [3.8, 4) is 21.4 Å². The summed E-state index contributed by atoms with van der Waals surface area (Å²) in [5.74, 6) is 2.17. The monoisotopic (exact) mass is 697 g/mol. The van der Waals surface area contributed by atoms with E-state index in [9.17, 15) is 0 Å². The van der Waals surface area contributed by atoms with Gasteiger partial charge in [0.2, 0.25) is 0 Å². The summed E-state index contributed by atoms with van der Waals surface area (Å²) in [7, 11) is 0. The molecule has 0 aromatic carbocycles. The Kier molecular flexibility index (Phi) is 7.04. The maximum atomic E-state index is 4.81. The van der Waals surface area contributed by atoms with Crippen molar-refractivity contribution in [1.29, 1.82) is 0 Å². The molecule has 0 unspecified atom stereocenters. The van der Waals surface area contributed by atoms with Gasteiger partial charge in [0, 0.05) is 0 Å². The molecule has 0 amide bonds. The number of nitrogens with zero attached hydrogens (tertiary/aromatic N) is 9. The van der Waals surface area contributed by atoms with Gasteiger partial charge in [-0.25, -0.2) is 0 Å². The first-order valence-corrected chi connectivity index (χ1v) is 17.5. The molecule has 0 saturated heterocycles. The summed E-state index contributed by atoms with van der Waals surface area (Å²) in [4.78, 5) is 45.1. The van der Waals surface area contributed by atoms with Gasteiger partial charge in [0.05, 0.1) is 0 Å². The van der Waals surface area contributed by atoms with E-state index in [1.54, 1.807) is 22.7 Å². The molecule has 0 atom stereocenters. The van der Waals surface area contributed by atoms with E-state index in [4.69, 9.17) is 44.9 Å². The van der Waals surface area contributed by atoms with Gasteiger partial charge >= 0.3 is 229 Å². The van der Waals surface area contributed by atoms with Crippen LogP contribution in [0.4, 0.5) is 0 Å². The molecule has 14 heteroatoms. The van der Waals surface area contributed by atoms with Gasteiger partial charge in [-0.2, -0.15) is 0 Å². The van der Waals surface area contributed by atoms with Gasteiger partial charge in [-0.1, -0.05) is 0 Å². The Bertz CT molecular complexity index is 1380. The van der Waals surface area contributed by atoms with Crippen LogP contribution in [0.5, 0.6) is 0 Å². The minimum atomic E-state index is -0.299. The Morgan fingerprint density at radius 3 is 1.40 bits per heavy atom. The van der Waals surface area contributed by atoms with Gasteiger partial charge in [0.1, 0.15) is 0 Å². The summed E-state index contributed by atoms with van der Waals surface area (Å²) < 4.78 is 4.32. The summed E-state index contributed by atoms with van der Waals surface area (Å²) in [5.41, 5.74) is 0.